The van der Waals surface area contributed by atoms with E-state index in [0.717, 1.165) is 12.8 Å². The van der Waals surface area contributed by atoms with Gasteiger partial charge >= 0.3 is 11.9 Å². The molecule has 1 aromatic carbocycles. The van der Waals surface area contributed by atoms with E-state index in [1.54, 1.807) is 25.3 Å². The summed E-state index contributed by atoms with van der Waals surface area (Å²) in [5, 5.41) is 0. The summed E-state index contributed by atoms with van der Waals surface area (Å²) in [6.45, 7) is 1.43. The zero-order chi connectivity index (χ0) is 18.8. The zero-order valence-electron chi connectivity index (χ0n) is 15.6. The molecule has 0 spiro atoms. The van der Waals surface area contributed by atoms with Gasteiger partial charge in [0.05, 0.1) is 25.8 Å². The summed E-state index contributed by atoms with van der Waals surface area (Å²) in [7, 11) is 5.10. The predicted octanol–water partition coefficient (Wildman–Crippen LogP) is 2.03. The zero-order valence-corrected chi connectivity index (χ0v) is 15.6. The van der Waals surface area contributed by atoms with E-state index in [4.69, 9.17) is 18.9 Å². The lowest BCUT2D eigenvalue weighted by Gasteiger charge is -2.36. The van der Waals surface area contributed by atoms with Gasteiger partial charge in [-0.15, -0.1) is 0 Å². The summed E-state index contributed by atoms with van der Waals surface area (Å²) >= 11 is 0. The predicted molar refractivity (Wildman–Crippen MR) is 93.5 cm³/mol. The summed E-state index contributed by atoms with van der Waals surface area (Å²) in [5.41, 5.74) is 0.422. The van der Waals surface area contributed by atoms with E-state index in [-0.39, 0.29) is 36.2 Å². The highest BCUT2D eigenvalue weighted by Crippen LogP contribution is 2.38. The van der Waals surface area contributed by atoms with Crippen molar-refractivity contribution in [3.05, 3.63) is 23.8 Å². The van der Waals surface area contributed by atoms with Gasteiger partial charge in [-0.2, -0.15) is 0 Å². The topological polar surface area (TPSA) is 74.3 Å². The molecule has 2 bridgehead atoms. The molecule has 2 aliphatic heterocycles. The molecule has 26 heavy (non-hydrogen) atoms. The van der Waals surface area contributed by atoms with Crippen LogP contribution in [0.4, 0.5) is 0 Å². The molecule has 2 saturated heterocycles. The van der Waals surface area contributed by atoms with Crippen LogP contribution in [-0.2, 0) is 14.3 Å². The second kappa shape index (κ2) is 7.53. The number of likely N-dealkylation sites (N-methyl/N-ethyl adjacent to an activating group) is 1. The Kier molecular flexibility index (Phi) is 5.36. The van der Waals surface area contributed by atoms with E-state index in [2.05, 4.69) is 4.90 Å². The van der Waals surface area contributed by atoms with Crippen LogP contribution >= 0.6 is 0 Å². The molecule has 7 nitrogen and oxygen atoms in total. The molecular weight excluding hydrogens is 338 g/mol. The SMILES string of the molecule is COc1ccc(C(=O)O[C@@H]2C[C@@H]3C[C@@H](OC(C)=O)[C@H](C2)N3C)cc1OC. The number of esters is 2. The Balaban J connectivity index is 1.67. The summed E-state index contributed by atoms with van der Waals surface area (Å²) in [6.07, 6.45) is 1.86. The van der Waals surface area contributed by atoms with Crippen molar-refractivity contribution in [3.8, 4) is 11.5 Å². The van der Waals surface area contributed by atoms with Crippen molar-refractivity contribution < 1.29 is 28.5 Å². The molecule has 2 heterocycles. The molecule has 142 valence electrons. The Labute approximate surface area is 153 Å². The molecular formula is C19H25NO6. The number of benzene rings is 1. The molecule has 0 N–H and O–H groups in total. The van der Waals surface area contributed by atoms with Crippen molar-refractivity contribution in [1.29, 1.82) is 0 Å². The summed E-state index contributed by atoms with van der Waals surface area (Å²) in [6, 6.07) is 5.30. The minimum absolute atomic E-state index is 0.0841. The number of piperidine rings is 1. The number of rotatable bonds is 5. The monoisotopic (exact) mass is 363 g/mol. The lowest BCUT2D eigenvalue weighted by molar-refractivity contribution is -0.147. The van der Waals surface area contributed by atoms with E-state index < -0.39 is 0 Å². The van der Waals surface area contributed by atoms with E-state index in [9.17, 15) is 9.59 Å². The maximum atomic E-state index is 12.5. The van der Waals surface area contributed by atoms with Crippen molar-refractivity contribution >= 4 is 11.9 Å². The van der Waals surface area contributed by atoms with E-state index >= 15 is 0 Å². The highest BCUT2D eigenvalue weighted by atomic mass is 16.6. The first-order valence-electron chi connectivity index (χ1n) is 8.75. The normalized spacial score (nSPS) is 27.7. The molecule has 0 aliphatic carbocycles. The molecule has 0 radical (unpaired) electrons. The summed E-state index contributed by atoms with van der Waals surface area (Å²) in [5.74, 6) is 0.393. The van der Waals surface area contributed by atoms with Crippen LogP contribution in [0.3, 0.4) is 0 Å². The maximum absolute atomic E-state index is 12.5. The number of hydrogen-bond donors (Lipinski definition) is 0. The quantitative estimate of drug-likeness (QED) is 0.741. The van der Waals surface area contributed by atoms with Crippen LogP contribution < -0.4 is 9.47 Å². The van der Waals surface area contributed by atoms with Gasteiger partial charge in [-0.1, -0.05) is 0 Å². The van der Waals surface area contributed by atoms with Crippen LogP contribution in [0.15, 0.2) is 18.2 Å². The van der Waals surface area contributed by atoms with E-state index in [1.807, 2.05) is 7.05 Å². The largest absolute Gasteiger partial charge is 0.493 e. The van der Waals surface area contributed by atoms with Gasteiger partial charge in [-0.3, -0.25) is 9.69 Å². The lowest BCUT2D eigenvalue weighted by atomic mass is 10.00. The van der Waals surface area contributed by atoms with Crippen LogP contribution in [0.5, 0.6) is 11.5 Å². The molecule has 3 rings (SSSR count). The van der Waals surface area contributed by atoms with Crippen molar-refractivity contribution in [1.82, 2.24) is 4.90 Å². The second-order valence-corrected chi connectivity index (χ2v) is 6.84. The Hall–Kier alpha value is -2.28. The third-order valence-electron chi connectivity index (χ3n) is 5.28. The van der Waals surface area contributed by atoms with Crippen LogP contribution in [-0.4, -0.2) is 62.4 Å². The smallest absolute Gasteiger partial charge is 0.338 e. The van der Waals surface area contributed by atoms with Crippen LogP contribution in [0.25, 0.3) is 0 Å². The molecule has 0 unspecified atom stereocenters. The van der Waals surface area contributed by atoms with Crippen molar-refractivity contribution in [2.45, 2.75) is 50.5 Å². The van der Waals surface area contributed by atoms with Crippen molar-refractivity contribution in [2.75, 3.05) is 21.3 Å². The molecule has 4 atom stereocenters. The molecule has 2 fully saturated rings. The first-order valence-corrected chi connectivity index (χ1v) is 8.75. The van der Waals surface area contributed by atoms with Gasteiger partial charge in [0.1, 0.15) is 12.2 Å². The van der Waals surface area contributed by atoms with Gasteiger partial charge in [0.25, 0.3) is 0 Å². The van der Waals surface area contributed by atoms with Gasteiger partial charge in [0, 0.05) is 32.2 Å². The minimum Gasteiger partial charge on any atom is -0.493 e. The first kappa shape index (κ1) is 18.5. The van der Waals surface area contributed by atoms with Gasteiger partial charge in [-0.25, -0.2) is 4.79 Å². The Morgan fingerprint density at radius 2 is 1.77 bits per heavy atom. The van der Waals surface area contributed by atoms with Crippen LogP contribution in [0, 0.1) is 0 Å². The highest BCUT2D eigenvalue weighted by Gasteiger charge is 2.47. The number of nitrogens with zero attached hydrogens (tertiary/aromatic N) is 1. The summed E-state index contributed by atoms with van der Waals surface area (Å²) in [4.78, 5) is 26.1. The average Bonchev–Trinajstić information content (AvgIpc) is 2.79. The minimum atomic E-state index is -0.385. The Bertz CT molecular complexity index is 691. The van der Waals surface area contributed by atoms with E-state index in [0.29, 0.717) is 23.5 Å². The first-order chi connectivity index (χ1) is 12.4. The van der Waals surface area contributed by atoms with Crippen LogP contribution in [0.2, 0.25) is 0 Å². The summed E-state index contributed by atoms with van der Waals surface area (Å²) < 4.78 is 21.6. The number of ether oxygens (including phenoxy) is 4. The number of methoxy groups -OCH3 is 2. The fourth-order valence-electron chi connectivity index (χ4n) is 3.99. The number of carbonyl (C=O) groups is 2. The number of carbonyl (C=O) groups excluding carboxylic acids is 2. The van der Waals surface area contributed by atoms with Gasteiger partial charge in [0.2, 0.25) is 0 Å². The molecule has 1 aromatic rings. The number of hydrogen-bond acceptors (Lipinski definition) is 7. The van der Waals surface area contributed by atoms with E-state index in [1.165, 1.54) is 14.0 Å². The van der Waals surface area contributed by atoms with Crippen LogP contribution in [0.1, 0.15) is 36.5 Å². The molecule has 0 amide bonds. The molecule has 2 aliphatic rings. The third-order valence-corrected chi connectivity index (χ3v) is 5.28. The Morgan fingerprint density at radius 1 is 1.04 bits per heavy atom. The third kappa shape index (κ3) is 3.62. The fraction of sp³-hybridized carbons (Fsp3) is 0.579. The molecule has 7 heteroatoms. The Morgan fingerprint density at radius 3 is 2.42 bits per heavy atom. The van der Waals surface area contributed by atoms with Crippen molar-refractivity contribution in [2.24, 2.45) is 0 Å². The second-order valence-electron chi connectivity index (χ2n) is 6.84. The van der Waals surface area contributed by atoms with Gasteiger partial charge < -0.3 is 18.9 Å². The molecule has 0 aromatic heterocycles. The maximum Gasteiger partial charge on any atom is 0.338 e. The number of fused-ring (bicyclic) bond motifs is 2. The fourth-order valence-corrected chi connectivity index (χ4v) is 3.99. The standard InChI is InChI=1S/C19H25NO6/c1-11(21)25-17-9-13-8-14(10-15(17)20(13)2)26-19(22)12-5-6-16(23-3)18(7-12)24-4/h5-7,13-15,17H,8-10H2,1-4H3/t13-,14-,15+,17-/m1/s1. The van der Waals surface area contributed by atoms with Gasteiger partial charge in [-0.05, 0) is 25.2 Å². The average molecular weight is 363 g/mol. The van der Waals surface area contributed by atoms with Crippen molar-refractivity contribution in [3.63, 3.8) is 0 Å². The molecule has 0 saturated carbocycles. The highest BCUT2D eigenvalue weighted by molar-refractivity contribution is 5.90. The lowest BCUT2D eigenvalue weighted by Crippen LogP contribution is -2.46. The van der Waals surface area contributed by atoms with Gasteiger partial charge in [0.15, 0.2) is 11.5 Å².